The van der Waals surface area contributed by atoms with E-state index in [9.17, 15) is 0 Å². The maximum absolute atomic E-state index is 5.43. The maximum atomic E-state index is 5.43. The first kappa shape index (κ1) is 23.2. The Kier molecular flexibility index (Phi) is 10.3. The molecule has 0 amide bonds. The summed E-state index contributed by atoms with van der Waals surface area (Å²) in [6, 6.07) is 10.6. The first-order chi connectivity index (χ1) is 15.3. The Morgan fingerprint density at radius 1 is 1.06 bits per heavy atom. The zero-order valence-electron chi connectivity index (χ0n) is 18.8. The summed E-state index contributed by atoms with van der Waals surface area (Å²) >= 11 is 0. The molecule has 1 aliphatic heterocycles. The van der Waals surface area contributed by atoms with Gasteiger partial charge in [-0.15, -0.1) is 10.2 Å². The number of hydrogen-bond donors (Lipinski definition) is 2. The predicted octanol–water partition coefficient (Wildman–Crippen LogP) is 1.73. The first-order valence-electron chi connectivity index (χ1n) is 11.6. The minimum Gasteiger partial charge on any atom is -0.379 e. The highest BCUT2D eigenvalue weighted by atomic mass is 16.5. The van der Waals surface area contributed by atoms with Crippen LogP contribution in [0.2, 0.25) is 0 Å². The molecule has 0 atom stereocenters. The fourth-order valence-electron chi connectivity index (χ4n) is 3.66. The fraction of sp³-hybridized carbons (Fsp3) is 0.609. The van der Waals surface area contributed by atoms with Gasteiger partial charge in [0.1, 0.15) is 12.2 Å². The lowest BCUT2D eigenvalue weighted by Gasteiger charge is -2.26. The van der Waals surface area contributed by atoms with Gasteiger partial charge < -0.3 is 19.9 Å². The highest BCUT2D eigenvalue weighted by Crippen LogP contribution is 2.02. The van der Waals surface area contributed by atoms with Crippen LogP contribution in [0.15, 0.2) is 41.7 Å². The van der Waals surface area contributed by atoms with E-state index in [2.05, 4.69) is 67.6 Å². The number of rotatable bonds is 12. The molecule has 0 saturated carbocycles. The summed E-state index contributed by atoms with van der Waals surface area (Å²) in [7, 11) is 0. The highest BCUT2D eigenvalue weighted by molar-refractivity contribution is 5.79. The Labute approximate surface area is 186 Å². The van der Waals surface area contributed by atoms with Gasteiger partial charge in [0.2, 0.25) is 0 Å². The second-order valence-corrected chi connectivity index (χ2v) is 7.77. The SMILES string of the molecule is CCc1nncn1CCNC(=NCCCc1ccccc1)NCCCN1CCOCC1. The molecule has 1 aromatic carbocycles. The molecule has 2 heterocycles. The quantitative estimate of drug-likeness (QED) is 0.305. The van der Waals surface area contributed by atoms with Gasteiger partial charge >= 0.3 is 0 Å². The van der Waals surface area contributed by atoms with E-state index in [1.165, 1.54) is 5.56 Å². The lowest BCUT2D eigenvalue weighted by Crippen LogP contribution is -2.41. The molecule has 1 saturated heterocycles. The van der Waals surface area contributed by atoms with Gasteiger partial charge in [0, 0.05) is 45.7 Å². The molecular weight excluding hydrogens is 390 g/mol. The largest absolute Gasteiger partial charge is 0.379 e. The van der Waals surface area contributed by atoms with Crippen LogP contribution in [0, 0.1) is 0 Å². The smallest absolute Gasteiger partial charge is 0.191 e. The third-order valence-electron chi connectivity index (χ3n) is 5.44. The molecule has 3 rings (SSSR count). The number of aromatic nitrogens is 3. The van der Waals surface area contributed by atoms with Crippen molar-refractivity contribution < 1.29 is 4.74 Å². The van der Waals surface area contributed by atoms with Gasteiger partial charge in [-0.3, -0.25) is 9.89 Å². The number of aliphatic imine (C=N–C) groups is 1. The average molecular weight is 428 g/mol. The standard InChI is InChI=1S/C23H37N7O/c1-2-22-28-27-20-30(22)15-13-26-23(24-11-6-10-21-8-4-3-5-9-21)25-12-7-14-29-16-18-31-19-17-29/h3-5,8-9,20H,2,6-7,10-19H2,1H3,(H2,24,25,26). The van der Waals surface area contributed by atoms with Gasteiger partial charge in [-0.1, -0.05) is 37.3 Å². The van der Waals surface area contributed by atoms with Crippen molar-refractivity contribution in [2.75, 3.05) is 52.5 Å². The van der Waals surface area contributed by atoms with Crippen LogP contribution in [0.3, 0.4) is 0 Å². The monoisotopic (exact) mass is 427 g/mol. The van der Waals surface area contributed by atoms with E-state index in [1.807, 2.05) is 0 Å². The Bertz CT molecular complexity index is 756. The predicted molar refractivity (Wildman–Crippen MR) is 124 cm³/mol. The van der Waals surface area contributed by atoms with E-state index in [4.69, 9.17) is 9.73 Å². The van der Waals surface area contributed by atoms with Crippen molar-refractivity contribution in [1.29, 1.82) is 0 Å². The number of hydrogen-bond acceptors (Lipinski definition) is 5. The van der Waals surface area contributed by atoms with Gasteiger partial charge in [0.25, 0.3) is 0 Å². The highest BCUT2D eigenvalue weighted by Gasteiger charge is 2.09. The summed E-state index contributed by atoms with van der Waals surface area (Å²) in [6.07, 6.45) is 5.87. The van der Waals surface area contributed by atoms with Gasteiger partial charge in [-0.2, -0.15) is 0 Å². The van der Waals surface area contributed by atoms with E-state index in [0.717, 1.165) is 96.5 Å². The summed E-state index contributed by atoms with van der Waals surface area (Å²) < 4.78 is 7.52. The van der Waals surface area contributed by atoms with Crippen LogP contribution >= 0.6 is 0 Å². The van der Waals surface area contributed by atoms with Crippen LogP contribution in [0.25, 0.3) is 0 Å². The fourth-order valence-corrected chi connectivity index (χ4v) is 3.66. The van der Waals surface area contributed by atoms with Crippen molar-refractivity contribution >= 4 is 5.96 Å². The molecule has 31 heavy (non-hydrogen) atoms. The lowest BCUT2D eigenvalue weighted by molar-refractivity contribution is 0.0376. The van der Waals surface area contributed by atoms with Gasteiger partial charge in [0.05, 0.1) is 13.2 Å². The molecule has 0 radical (unpaired) electrons. The van der Waals surface area contributed by atoms with Crippen molar-refractivity contribution in [1.82, 2.24) is 30.3 Å². The van der Waals surface area contributed by atoms with Crippen LogP contribution in [0.4, 0.5) is 0 Å². The normalized spacial score (nSPS) is 15.2. The molecule has 1 aromatic heterocycles. The Morgan fingerprint density at radius 2 is 1.87 bits per heavy atom. The number of nitrogens with one attached hydrogen (secondary N) is 2. The molecule has 2 aromatic rings. The molecular formula is C23H37N7O. The number of aryl methyl sites for hydroxylation is 2. The van der Waals surface area contributed by atoms with Crippen molar-refractivity contribution in [3.63, 3.8) is 0 Å². The van der Waals surface area contributed by atoms with Gasteiger partial charge in [-0.05, 0) is 31.4 Å². The van der Waals surface area contributed by atoms with Crippen molar-refractivity contribution in [2.24, 2.45) is 4.99 Å². The topological polar surface area (TPSA) is 79.6 Å². The first-order valence-corrected chi connectivity index (χ1v) is 11.6. The molecule has 2 N–H and O–H groups in total. The Hall–Kier alpha value is -2.45. The summed E-state index contributed by atoms with van der Waals surface area (Å²) in [5.74, 6) is 1.91. The molecule has 0 bridgehead atoms. The minimum absolute atomic E-state index is 0.791. The summed E-state index contributed by atoms with van der Waals surface area (Å²) in [5.41, 5.74) is 1.37. The number of ether oxygens (including phenoxy) is 1. The zero-order chi connectivity index (χ0) is 21.6. The Balaban J connectivity index is 1.42. The van der Waals surface area contributed by atoms with Crippen LogP contribution in [0.5, 0.6) is 0 Å². The maximum Gasteiger partial charge on any atom is 0.191 e. The Morgan fingerprint density at radius 3 is 2.68 bits per heavy atom. The second-order valence-electron chi connectivity index (χ2n) is 7.77. The average Bonchev–Trinajstić information content (AvgIpc) is 3.28. The van der Waals surface area contributed by atoms with Crippen molar-refractivity contribution in [3.8, 4) is 0 Å². The molecule has 0 spiro atoms. The summed E-state index contributed by atoms with van der Waals surface area (Å²) in [6.45, 7) is 10.3. The molecule has 170 valence electrons. The zero-order valence-corrected chi connectivity index (χ0v) is 18.8. The van der Waals surface area contributed by atoms with Crippen LogP contribution in [-0.2, 0) is 24.1 Å². The minimum atomic E-state index is 0.791. The van der Waals surface area contributed by atoms with Crippen LogP contribution in [-0.4, -0.2) is 78.1 Å². The number of benzene rings is 1. The molecule has 0 unspecified atom stereocenters. The van der Waals surface area contributed by atoms with Crippen molar-refractivity contribution in [3.05, 3.63) is 48.0 Å². The number of guanidine groups is 1. The summed E-state index contributed by atoms with van der Waals surface area (Å²) in [5, 5.41) is 15.1. The van der Waals surface area contributed by atoms with Gasteiger partial charge in [0.15, 0.2) is 5.96 Å². The van der Waals surface area contributed by atoms with Crippen LogP contribution < -0.4 is 10.6 Å². The molecule has 8 nitrogen and oxygen atoms in total. The van der Waals surface area contributed by atoms with Gasteiger partial charge in [-0.25, -0.2) is 0 Å². The van der Waals surface area contributed by atoms with Crippen molar-refractivity contribution in [2.45, 2.75) is 39.2 Å². The molecule has 1 fully saturated rings. The number of nitrogens with zero attached hydrogens (tertiary/aromatic N) is 5. The lowest BCUT2D eigenvalue weighted by atomic mass is 10.1. The molecule has 1 aliphatic rings. The molecule has 8 heteroatoms. The van der Waals surface area contributed by atoms with E-state index in [0.29, 0.717) is 0 Å². The third kappa shape index (κ3) is 8.67. The molecule has 0 aliphatic carbocycles. The summed E-state index contributed by atoms with van der Waals surface area (Å²) in [4.78, 5) is 7.27. The van der Waals surface area contributed by atoms with E-state index in [1.54, 1.807) is 6.33 Å². The van der Waals surface area contributed by atoms with E-state index < -0.39 is 0 Å². The van der Waals surface area contributed by atoms with E-state index in [-0.39, 0.29) is 0 Å². The second kappa shape index (κ2) is 13.8. The van der Waals surface area contributed by atoms with Crippen LogP contribution in [0.1, 0.15) is 31.2 Å². The third-order valence-corrected chi connectivity index (χ3v) is 5.44. The number of morpholine rings is 1. The van der Waals surface area contributed by atoms with E-state index >= 15 is 0 Å².